The Morgan fingerprint density at radius 1 is 1.29 bits per heavy atom. The van der Waals surface area contributed by atoms with Crippen molar-refractivity contribution in [1.29, 1.82) is 0 Å². The summed E-state index contributed by atoms with van der Waals surface area (Å²) in [6.45, 7) is 7.70. The zero-order valence-electron chi connectivity index (χ0n) is 14.2. The van der Waals surface area contributed by atoms with Gasteiger partial charge in [-0.2, -0.15) is 0 Å². The second-order valence-corrected chi connectivity index (χ2v) is 9.54. The van der Waals surface area contributed by atoms with Crippen molar-refractivity contribution in [3.05, 3.63) is 29.2 Å². The van der Waals surface area contributed by atoms with Crippen molar-refractivity contribution in [3.8, 4) is 5.88 Å². The topological polar surface area (TPSA) is 70.4 Å². The maximum Gasteiger partial charge on any atom is 0.223 e. The highest BCUT2D eigenvalue weighted by Gasteiger charge is 2.40. The zero-order valence-corrected chi connectivity index (χ0v) is 15.7. The molecule has 1 fully saturated rings. The summed E-state index contributed by atoms with van der Waals surface area (Å²) in [6.07, 6.45) is 6.94. The third kappa shape index (κ3) is 3.82. The number of halogens is 1. The third-order valence-corrected chi connectivity index (χ3v) is 5.39. The Bertz CT molecular complexity index is 800. The molecule has 128 valence electrons. The predicted octanol–water partition coefficient (Wildman–Crippen LogP) is 4.10. The molecule has 1 atom stereocenters. The normalized spacial score (nSPS) is 18.1. The lowest BCUT2D eigenvalue weighted by Crippen LogP contribution is -2.25. The summed E-state index contributed by atoms with van der Waals surface area (Å²) in [6, 6.07) is 1.75. The summed E-state index contributed by atoms with van der Waals surface area (Å²) < 4.78 is 21.9. The average Bonchev–Trinajstić information content (AvgIpc) is 3.22. The predicted molar refractivity (Wildman–Crippen MR) is 98.3 cm³/mol. The number of ether oxygens (including phenoxy) is 1. The summed E-state index contributed by atoms with van der Waals surface area (Å²) in [7, 11) is 0. The van der Waals surface area contributed by atoms with Crippen LogP contribution in [0.2, 0.25) is 5.15 Å². The lowest BCUT2D eigenvalue weighted by molar-refractivity contribution is 0.194. The first-order chi connectivity index (χ1) is 11.2. The van der Waals surface area contributed by atoms with Gasteiger partial charge in [0.05, 0.1) is 11.6 Å². The molecule has 2 heterocycles. The Morgan fingerprint density at radius 3 is 2.62 bits per heavy atom. The summed E-state index contributed by atoms with van der Waals surface area (Å²) >= 11 is 4.71. The molecule has 1 saturated carbocycles. The van der Waals surface area contributed by atoms with Gasteiger partial charge in [0.1, 0.15) is 26.9 Å². The summed E-state index contributed by atoms with van der Waals surface area (Å²) in [5.41, 5.74) is 0.600. The number of rotatable bonds is 4. The lowest BCUT2D eigenvalue weighted by atomic mass is 10.1. The van der Waals surface area contributed by atoms with Crippen LogP contribution in [-0.2, 0) is 11.4 Å². The first kappa shape index (κ1) is 17.5. The van der Waals surface area contributed by atoms with Crippen LogP contribution in [0.1, 0.15) is 46.1 Å². The molecule has 0 amide bonds. The van der Waals surface area contributed by atoms with E-state index in [1.165, 1.54) is 0 Å². The average molecular weight is 366 g/mol. The molecule has 5 nitrogen and oxygen atoms in total. The molecule has 1 aliphatic rings. The van der Waals surface area contributed by atoms with Crippen LogP contribution >= 0.6 is 11.6 Å². The highest BCUT2D eigenvalue weighted by atomic mass is 35.5. The van der Waals surface area contributed by atoms with Crippen LogP contribution in [0, 0.1) is 0 Å². The number of hydrogen-bond donors (Lipinski definition) is 0. The minimum Gasteiger partial charge on any atom is -0.591 e. The molecule has 0 aliphatic heterocycles. The van der Waals surface area contributed by atoms with Gasteiger partial charge in [0.15, 0.2) is 0 Å². The largest absolute Gasteiger partial charge is 0.591 e. The maximum absolute atomic E-state index is 12.1. The lowest BCUT2D eigenvalue weighted by Gasteiger charge is -2.18. The van der Waals surface area contributed by atoms with E-state index < -0.39 is 16.1 Å². The second kappa shape index (κ2) is 6.17. The van der Waals surface area contributed by atoms with E-state index in [9.17, 15) is 4.55 Å². The van der Waals surface area contributed by atoms with Gasteiger partial charge < -0.3 is 9.29 Å². The quantitative estimate of drug-likeness (QED) is 0.464. The molecule has 2 aromatic rings. The molecule has 7 heteroatoms. The van der Waals surface area contributed by atoms with Gasteiger partial charge in [-0.25, -0.2) is 9.97 Å². The fourth-order valence-corrected chi connectivity index (χ4v) is 2.75. The van der Waals surface area contributed by atoms with E-state index in [2.05, 4.69) is 21.3 Å². The molecule has 1 unspecified atom stereocenters. The smallest absolute Gasteiger partial charge is 0.223 e. The summed E-state index contributed by atoms with van der Waals surface area (Å²) in [4.78, 5) is 8.54. The van der Waals surface area contributed by atoms with Crippen molar-refractivity contribution in [2.45, 2.75) is 50.9 Å². The van der Waals surface area contributed by atoms with Gasteiger partial charge in [-0.05, 0) is 46.6 Å². The first-order valence-corrected chi connectivity index (χ1v) is 9.26. The molecule has 0 aromatic carbocycles. The van der Waals surface area contributed by atoms with Crippen molar-refractivity contribution >= 4 is 39.9 Å². The number of fused-ring (bicyclic) bond motifs is 1. The molecule has 0 radical (unpaired) electrons. The van der Waals surface area contributed by atoms with E-state index in [1.54, 1.807) is 24.7 Å². The van der Waals surface area contributed by atoms with E-state index in [0.29, 0.717) is 11.0 Å². The molecule has 24 heavy (non-hydrogen) atoms. The molecule has 0 bridgehead atoms. The fourth-order valence-electron chi connectivity index (χ4n) is 2.06. The van der Waals surface area contributed by atoms with Crippen LogP contribution in [0.15, 0.2) is 22.9 Å². The van der Waals surface area contributed by atoms with Crippen molar-refractivity contribution < 1.29 is 9.29 Å². The van der Waals surface area contributed by atoms with E-state index in [4.69, 9.17) is 16.3 Å². The molecule has 0 spiro atoms. The van der Waals surface area contributed by atoms with Crippen molar-refractivity contribution in [3.63, 3.8) is 0 Å². The number of hydrogen-bond acceptors (Lipinski definition) is 5. The number of nitrogens with zero attached hydrogens (tertiary/aromatic N) is 3. The Kier molecular flexibility index (Phi) is 4.49. The molecule has 1 aliphatic carbocycles. The van der Waals surface area contributed by atoms with Gasteiger partial charge in [-0.15, -0.1) is 0 Å². The van der Waals surface area contributed by atoms with Crippen LogP contribution in [0.4, 0.5) is 0 Å². The summed E-state index contributed by atoms with van der Waals surface area (Å²) in [5, 5.41) is 1.99. The Balaban J connectivity index is 2.01. The molecular formula is C17H20ClN3O2S. The van der Waals surface area contributed by atoms with Crippen molar-refractivity contribution in [2.75, 3.05) is 0 Å². The number of aromatic nitrogens is 2. The monoisotopic (exact) mass is 365 g/mol. The van der Waals surface area contributed by atoms with Gasteiger partial charge in [-0.3, -0.25) is 0 Å². The van der Waals surface area contributed by atoms with Gasteiger partial charge in [0.25, 0.3) is 0 Å². The highest BCUT2D eigenvalue weighted by Crippen LogP contribution is 2.41. The SMILES string of the molecule is CC1(Oc2ncc(/C=N/[S+]([O-])C(C)(C)C)c3cc(Cl)ncc23)CC1. The fraction of sp³-hybridized carbons (Fsp3) is 0.471. The van der Waals surface area contributed by atoms with E-state index in [1.807, 2.05) is 20.8 Å². The highest BCUT2D eigenvalue weighted by molar-refractivity contribution is 7.91. The molecule has 0 saturated heterocycles. The van der Waals surface area contributed by atoms with Gasteiger partial charge in [-0.1, -0.05) is 16.0 Å². The van der Waals surface area contributed by atoms with Gasteiger partial charge in [0, 0.05) is 23.3 Å². The van der Waals surface area contributed by atoms with Crippen LogP contribution in [0.3, 0.4) is 0 Å². The van der Waals surface area contributed by atoms with Gasteiger partial charge >= 0.3 is 0 Å². The van der Waals surface area contributed by atoms with Crippen LogP contribution in [0.5, 0.6) is 5.88 Å². The van der Waals surface area contributed by atoms with E-state index >= 15 is 0 Å². The first-order valence-electron chi connectivity index (χ1n) is 7.77. The van der Waals surface area contributed by atoms with Crippen LogP contribution in [0.25, 0.3) is 10.8 Å². The van der Waals surface area contributed by atoms with Crippen molar-refractivity contribution in [1.82, 2.24) is 9.97 Å². The number of pyridine rings is 2. The summed E-state index contributed by atoms with van der Waals surface area (Å²) in [5.74, 6) is 0.545. The standard InChI is InChI=1S/C17H20ClN3O2S/c1-16(2,3)24(22)21-9-11-8-20-15(23-17(4)5-6-17)13-10-19-14(18)7-12(11)13/h7-10H,5-6H2,1-4H3/b21-9+. The molecule has 3 rings (SSSR count). The maximum atomic E-state index is 12.1. The Morgan fingerprint density at radius 2 is 2.00 bits per heavy atom. The Labute approximate surface area is 149 Å². The van der Waals surface area contributed by atoms with Crippen LogP contribution in [-0.4, -0.2) is 31.1 Å². The minimum absolute atomic E-state index is 0.136. The second-order valence-electron chi connectivity index (χ2n) is 7.22. The molecule has 2 aromatic heterocycles. The van der Waals surface area contributed by atoms with E-state index in [0.717, 1.165) is 29.2 Å². The molecular weight excluding hydrogens is 346 g/mol. The minimum atomic E-state index is -1.34. The molecule has 0 N–H and O–H groups in total. The van der Waals surface area contributed by atoms with Crippen LogP contribution < -0.4 is 4.74 Å². The van der Waals surface area contributed by atoms with Crippen molar-refractivity contribution in [2.24, 2.45) is 4.40 Å². The van der Waals surface area contributed by atoms with Gasteiger partial charge in [0.2, 0.25) is 5.88 Å². The third-order valence-electron chi connectivity index (χ3n) is 3.84. The Hall–Kier alpha value is -1.37. The van der Waals surface area contributed by atoms with E-state index in [-0.39, 0.29) is 5.60 Å². The zero-order chi connectivity index (χ0) is 17.5.